The maximum absolute atomic E-state index is 9.86. The molecule has 2 aromatic carbocycles. The Balaban J connectivity index is 2.01. The molecule has 1 aromatic heterocycles. The third-order valence-corrected chi connectivity index (χ3v) is 3.42. The summed E-state index contributed by atoms with van der Waals surface area (Å²) < 4.78 is 6.06. The second-order valence-electron chi connectivity index (χ2n) is 4.45. The summed E-state index contributed by atoms with van der Waals surface area (Å²) in [6.07, 6.45) is 0. The Kier molecular flexibility index (Phi) is 3.28. The molecule has 0 fully saturated rings. The molecule has 0 saturated carbocycles. The van der Waals surface area contributed by atoms with Crippen LogP contribution in [0.2, 0.25) is 0 Å². The van der Waals surface area contributed by atoms with Gasteiger partial charge in [0.25, 0.3) is 5.89 Å². The van der Waals surface area contributed by atoms with Gasteiger partial charge in [-0.15, -0.1) is 0 Å². The molecule has 1 heterocycles. The topological polar surface area (TPSA) is 59.2 Å². The fourth-order valence-corrected chi connectivity index (χ4v) is 2.19. The number of aromatic hydroxyl groups is 1. The average molecular weight is 331 g/mol. The Morgan fingerprint density at radius 3 is 2.60 bits per heavy atom. The van der Waals surface area contributed by atoms with Crippen molar-refractivity contribution in [1.29, 1.82) is 0 Å². The molecule has 5 heteroatoms. The monoisotopic (exact) mass is 330 g/mol. The van der Waals surface area contributed by atoms with Crippen molar-refractivity contribution in [1.82, 2.24) is 10.1 Å². The largest absolute Gasteiger partial charge is 0.507 e. The second-order valence-corrected chi connectivity index (χ2v) is 5.37. The van der Waals surface area contributed by atoms with Crippen LogP contribution in [0.3, 0.4) is 0 Å². The first-order chi connectivity index (χ1) is 9.63. The van der Waals surface area contributed by atoms with Gasteiger partial charge in [-0.1, -0.05) is 50.9 Å². The van der Waals surface area contributed by atoms with Gasteiger partial charge in [0, 0.05) is 10.0 Å². The third-order valence-electron chi connectivity index (χ3n) is 2.92. The first-order valence-corrected chi connectivity index (χ1v) is 6.82. The SMILES string of the molecule is Cc1ccc(-c2noc(-c3cc(Br)ccc3O)n2)cc1. The average Bonchev–Trinajstić information content (AvgIpc) is 2.92. The van der Waals surface area contributed by atoms with E-state index in [0.29, 0.717) is 17.3 Å². The fourth-order valence-electron chi connectivity index (χ4n) is 1.83. The minimum absolute atomic E-state index is 0.104. The van der Waals surface area contributed by atoms with Crippen molar-refractivity contribution in [3.05, 3.63) is 52.5 Å². The molecule has 0 spiro atoms. The van der Waals surface area contributed by atoms with Crippen LogP contribution in [0, 0.1) is 6.92 Å². The van der Waals surface area contributed by atoms with Crippen LogP contribution in [0.15, 0.2) is 51.5 Å². The first-order valence-electron chi connectivity index (χ1n) is 6.03. The number of aryl methyl sites for hydroxylation is 1. The molecule has 4 nitrogen and oxygen atoms in total. The van der Waals surface area contributed by atoms with Crippen LogP contribution in [0.4, 0.5) is 0 Å². The molecule has 0 bridgehead atoms. The van der Waals surface area contributed by atoms with Crippen LogP contribution in [0.1, 0.15) is 5.56 Å². The normalized spacial score (nSPS) is 10.7. The Morgan fingerprint density at radius 2 is 1.85 bits per heavy atom. The van der Waals surface area contributed by atoms with Gasteiger partial charge in [-0.25, -0.2) is 0 Å². The number of benzene rings is 2. The van der Waals surface area contributed by atoms with Crippen molar-refractivity contribution in [3.63, 3.8) is 0 Å². The van der Waals surface area contributed by atoms with Crippen molar-refractivity contribution in [2.45, 2.75) is 6.92 Å². The van der Waals surface area contributed by atoms with E-state index in [1.165, 1.54) is 5.56 Å². The predicted octanol–water partition coefficient (Wildman–Crippen LogP) is 4.18. The van der Waals surface area contributed by atoms with Crippen molar-refractivity contribution < 1.29 is 9.63 Å². The van der Waals surface area contributed by atoms with Gasteiger partial charge in [0.1, 0.15) is 5.75 Å². The Morgan fingerprint density at radius 1 is 1.10 bits per heavy atom. The molecule has 0 saturated heterocycles. The lowest BCUT2D eigenvalue weighted by Crippen LogP contribution is -1.82. The zero-order valence-electron chi connectivity index (χ0n) is 10.7. The lowest BCUT2D eigenvalue weighted by Gasteiger charge is -1.99. The van der Waals surface area contributed by atoms with Gasteiger partial charge < -0.3 is 9.63 Å². The molecule has 0 aliphatic rings. The second kappa shape index (κ2) is 5.09. The number of phenolic OH excluding ortho intramolecular Hbond substituents is 1. The molecule has 0 aliphatic carbocycles. The number of hydrogen-bond donors (Lipinski definition) is 1. The van der Waals surface area contributed by atoms with Gasteiger partial charge in [-0.05, 0) is 25.1 Å². The molecule has 100 valence electrons. The number of rotatable bonds is 2. The molecular formula is C15H11BrN2O2. The van der Waals surface area contributed by atoms with Gasteiger partial charge in [-0.3, -0.25) is 0 Å². The highest BCUT2D eigenvalue weighted by Gasteiger charge is 2.14. The van der Waals surface area contributed by atoms with E-state index in [1.54, 1.807) is 18.2 Å². The summed E-state index contributed by atoms with van der Waals surface area (Å²) >= 11 is 3.35. The highest BCUT2D eigenvalue weighted by molar-refractivity contribution is 9.10. The van der Waals surface area contributed by atoms with Gasteiger partial charge in [0.15, 0.2) is 0 Å². The van der Waals surface area contributed by atoms with E-state index < -0.39 is 0 Å². The van der Waals surface area contributed by atoms with Crippen LogP contribution in [0.25, 0.3) is 22.8 Å². The molecule has 20 heavy (non-hydrogen) atoms. The van der Waals surface area contributed by atoms with E-state index in [2.05, 4.69) is 26.1 Å². The Bertz CT molecular complexity index is 751. The summed E-state index contributed by atoms with van der Waals surface area (Å²) in [6.45, 7) is 2.02. The molecular weight excluding hydrogens is 320 g/mol. The quantitative estimate of drug-likeness (QED) is 0.765. The molecule has 3 aromatic rings. The summed E-state index contributed by atoms with van der Waals surface area (Å²) in [4.78, 5) is 4.32. The zero-order valence-corrected chi connectivity index (χ0v) is 12.3. The van der Waals surface area contributed by atoms with Gasteiger partial charge >= 0.3 is 0 Å². The minimum atomic E-state index is 0.104. The standard InChI is InChI=1S/C15H11BrN2O2/c1-9-2-4-10(5-3-9)14-17-15(20-18-14)12-8-11(16)6-7-13(12)19/h2-8,19H,1H3. The summed E-state index contributed by atoms with van der Waals surface area (Å²) in [6, 6.07) is 12.9. The first kappa shape index (κ1) is 12.9. The Hall–Kier alpha value is -2.14. The molecule has 1 N–H and O–H groups in total. The van der Waals surface area contributed by atoms with E-state index in [-0.39, 0.29) is 5.75 Å². The summed E-state index contributed by atoms with van der Waals surface area (Å²) in [5.74, 6) is 0.894. The highest BCUT2D eigenvalue weighted by Crippen LogP contribution is 2.31. The van der Waals surface area contributed by atoms with Crippen molar-refractivity contribution in [3.8, 4) is 28.6 Å². The van der Waals surface area contributed by atoms with Crippen LogP contribution in [-0.4, -0.2) is 15.2 Å². The van der Waals surface area contributed by atoms with Gasteiger partial charge in [-0.2, -0.15) is 4.98 Å². The van der Waals surface area contributed by atoms with E-state index in [1.807, 2.05) is 31.2 Å². The smallest absolute Gasteiger partial charge is 0.262 e. The molecule has 0 unspecified atom stereocenters. The molecule has 0 atom stereocenters. The number of nitrogens with zero attached hydrogens (tertiary/aromatic N) is 2. The lowest BCUT2D eigenvalue weighted by molar-refractivity contribution is 0.425. The number of phenols is 1. The van der Waals surface area contributed by atoms with Crippen LogP contribution >= 0.6 is 15.9 Å². The summed E-state index contributed by atoms with van der Waals surface area (Å²) in [5, 5.41) is 13.8. The van der Waals surface area contributed by atoms with E-state index in [4.69, 9.17) is 4.52 Å². The maximum atomic E-state index is 9.86. The maximum Gasteiger partial charge on any atom is 0.262 e. The molecule has 0 radical (unpaired) electrons. The Labute approximate surface area is 124 Å². The minimum Gasteiger partial charge on any atom is -0.507 e. The fraction of sp³-hybridized carbons (Fsp3) is 0.0667. The van der Waals surface area contributed by atoms with Crippen molar-refractivity contribution >= 4 is 15.9 Å². The number of halogens is 1. The van der Waals surface area contributed by atoms with Crippen LogP contribution in [0.5, 0.6) is 5.75 Å². The predicted molar refractivity (Wildman–Crippen MR) is 79.3 cm³/mol. The lowest BCUT2D eigenvalue weighted by atomic mass is 10.1. The molecule has 0 aliphatic heterocycles. The molecule has 3 rings (SSSR count). The van der Waals surface area contributed by atoms with E-state index >= 15 is 0 Å². The van der Waals surface area contributed by atoms with Crippen LogP contribution in [-0.2, 0) is 0 Å². The molecule has 0 amide bonds. The highest BCUT2D eigenvalue weighted by atomic mass is 79.9. The number of aromatic nitrogens is 2. The van der Waals surface area contributed by atoms with E-state index in [9.17, 15) is 5.11 Å². The van der Waals surface area contributed by atoms with Crippen LogP contribution < -0.4 is 0 Å². The van der Waals surface area contributed by atoms with Gasteiger partial charge in [0.2, 0.25) is 5.82 Å². The number of hydrogen-bond acceptors (Lipinski definition) is 4. The zero-order chi connectivity index (χ0) is 14.1. The van der Waals surface area contributed by atoms with E-state index in [0.717, 1.165) is 10.0 Å². The van der Waals surface area contributed by atoms with Crippen molar-refractivity contribution in [2.24, 2.45) is 0 Å². The van der Waals surface area contributed by atoms with Gasteiger partial charge in [0.05, 0.1) is 5.56 Å². The summed E-state index contributed by atoms with van der Waals surface area (Å²) in [5.41, 5.74) is 2.55. The third kappa shape index (κ3) is 2.44. The van der Waals surface area contributed by atoms with Crippen molar-refractivity contribution in [2.75, 3.05) is 0 Å². The summed E-state index contributed by atoms with van der Waals surface area (Å²) in [7, 11) is 0.